The van der Waals surface area contributed by atoms with E-state index < -0.39 is 11.9 Å². The van der Waals surface area contributed by atoms with E-state index in [1.54, 1.807) is 6.92 Å². The summed E-state index contributed by atoms with van der Waals surface area (Å²) in [6.07, 6.45) is 3.23. The molecule has 0 aromatic heterocycles. The van der Waals surface area contributed by atoms with Crippen LogP contribution in [0.1, 0.15) is 59.8 Å². The van der Waals surface area contributed by atoms with Gasteiger partial charge in [-0.3, -0.25) is 14.4 Å². The van der Waals surface area contributed by atoms with Gasteiger partial charge in [0.2, 0.25) is 0 Å². The van der Waals surface area contributed by atoms with Crippen molar-refractivity contribution >= 4 is 17.5 Å². The second kappa shape index (κ2) is 6.93. The highest BCUT2D eigenvalue weighted by Gasteiger charge is 2.42. The molecule has 22 heavy (non-hydrogen) atoms. The Labute approximate surface area is 133 Å². The van der Waals surface area contributed by atoms with Gasteiger partial charge in [0.1, 0.15) is 17.8 Å². The lowest BCUT2D eigenvalue weighted by Crippen LogP contribution is -2.42. The number of hydrogen-bond donors (Lipinski definition) is 0. The molecule has 0 amide bonds. The number of rotatable bonds is 3. The van der Waals surface area contributed by atoms with E-state index in [0.29, 0.717) is 24.2 Å². The lowest BCUT2D eigenvalue weighted by atomic mass is 9.75. The molecule has 0 unspecified atom stereocenters. The van der Waals surface area contributed by atoms with Crippen LogP contribution in [0.25, 0.3) is 0 Å². The number of carbonyl (C=O) groups is 3. The maximum Gasteiger partial charge on any atom is 0.317 e. The maximum absolute atomic E-state index is 12.5. The summed E-state index contributed by atoms with van der Waals surface area (Å²) in [5.41, 5.74) is 0. The monoisotopic (exact) mass is 308 g/mol. The Kier molecular flexibility index (Phi) is 5.41. The maximum atomic E-state index is 12.5. The van der Waals surface area contributed by atoms with Gasteiger partial charge in [-0.1, -0.05) is 34.1 Å². The van der Waals surface area contributed by atoms with Gasteiger partial charge in [0, 0.05) is 6.42 Å². The van der Waals surface area contributed by atoms with Crippen LogP contribution in [0.5, 0.6) is 0 Å². The molecule has 0 aromatic carbocycles. The van der Waals surface area contributed by atoms with Crippen molar-refractivity contribution in [2.24, 2.45) is 29.6 Å². The summed E-state index contributed by atoms with van der Waals surface area (Å²) in [7, 11) is 0. The zero-order chi connectivity index (χ0) is 16.4. The molecule has 0 spiro atoms. The predicted octanol–water partition coefficient (Wildman–Crippen LogP) is 3.17. The third kappa shape index (κ3) is 3.76. The smallest absolute Gasteiger partial charge is 0.317 e. The average Bonchev–Trinajstić information content (AvgIpc) is 2.36. The Hall–Kier alpha value is -1.19. The summed E-state index contributed by atoms with van der Waals surface area (Å²) in [6.45, 7) is 8.30. The third-order valence-electron chi connectivity index (χ3n) is 5.32. The van der Waals surface area contributed by atoms with Crippen LogP contribution < -0.4 is 0 Å². The van der Waals surface area contributed by atoms with Crippen LogP contribution in [-0.4, -0.2) is 23.6 Å². The standard InChI is InChI=1S/C18H28O4/c1-10(2)14-6-5-11(3)7-16(14)22-18(21)17-12(4)8-13(19)9-15(17)20/h10-12,14,16-17H,5-9H2,1-4H3/t11-,12-,14+,16-,17+/m1/s1. The summed E-state index contributed by atoms with van der Waals surface area (Å²) in [4.78, 5) is 36.0. The highest BCUT2D eigenvalue weighted by Crippen LogP contribution is 2.36. The molecule has 0 aliphatic heterocycles. The number of carbonyl (C=O) groups excluding carboxylic acids is 3. The molecule has 0 heterocycles. The highest BCUT2D eigenvalue weighted by atomic mass is 16.5. The van der Waals surface area contributed by atoms with Gasteiger partial charge in [-0.05, 0) is 36.5 Å². The minimum absolute atomic E-state index is 0.0621. The summed E-state index contributed by atoms with van der Waals surface area (Å²) in [5, 5.41) is 0. The molecule has 2 fully saturated rings. The van der Waals surface area contributed by atoms with Crippen molar-refractivity contribution in [2.45, 2.75) is 65.9 Å². The lowest BCUT2D eigenvalue weighted by molar-refractivity contribution is -0.166. The molecular weight excluding hydrogens is 280 g/mol. The first-order valence-corrected chi connectivity index (χ1v) is 8.54. The zero-order valence-electron chi connectivity index (χ0n) is 14.1. The molecule has 5 atom stereocenters. The van der Waals surface area contributed by atoms with Crippen molar-refractivity contribution in [3.63, 3.8) is 0 Å². The molecule has 0 N–H and O–H groups in total. The molecule has 2 aliphatic rings. The predicted molar refractivity (Wildman–Crippen MR) is 83.1 cm³/mol. The van der Waals surface area contributed by atoms with E-state index in [4.69, 9.17) is 4.74 Å². The number of esters is 1. The SMILES string of the molecule is CC(C)[C@@H]1CC[C@@H](C)C[C@H]1OC(=O)[C@@H]1C(=O)CC(=O)C[C@H]1C. The number of Topliss-reactive ketones (excluding diaryl/α,β-unsaturated/α-hetero) is 2. The van der Waals surface area contributed by atoms with Gasteiger partial charge in [-0.2, -0.15) is 0 Å². The topological polar surface area (TPSA) is 60.4 Å². The van der Waals surface area contributed by atoms with Gasteiger partial charge in [-0.25, -0.2) is 0 Å². The molecule has 2 saturated carbocycles. The first-order chi connectivity index (χ1) is 10.3. The van der Waals surface area contributed by atoms with Crippen LogP contribution in [0, 0.1) is 29.6 Å². The Balaban J connectivity index is 2.05. The van der Waals surface area contributed by atoms with Gasteiger partial charge < -0.3 is 4.74 Å². The Bertz CT molecular complexity index is 454. The Morgan fingerprint density at radius 1 is 1.18 bits per heavy atom. The zero-order valence-corrected chi connectivity index (χ0v) is 14.1. The van der Waals surface area contributed by atoms with E-state index in [9.17, 15) is 14.4 Å². The molecule has 0 aromatic rings. The van der Waals surface area contributed by atoms with Crippen LogP contribution in [0.2, 0.25) is 0 Å². The normalized spacial score (nSPS) is 36.5. The molecule has 4 heteroatoms. The van der Waals surface area contributed by atoms with Crippen LogP contribution in [0.4, 0.5) is 0 Å². The van der Waals surface area contributed by atoms with Crippen molar-refractivity contribution in [2.75, 3.05) is 0 Å². The molecule has 2 aliphatic carbocycles. The molecule has 0 saturated heterocycles. The fourth-order valence-electron chi connectivity index (χ4n) is 4.01. The van der Waals surface area contributed by atoms with E-state index in [1.807, 2.05) is 0 Å². The molecule has 124 valence electrons. The van der Waals surface area contributed by atoms with Crippen LogP contribution in [0.3, 0.4) is 0 Å². The first-order valence-electron chi connectivity index (χ1n) is 8.54. The fourth-order valence-corrected chi connectivity index (χ4v) is 4.01. The minimum atomic E-state index is -0.747. The largest absolute Gasteiger partial charge is 0.462 e. The number of ketones is 2. The van der Waals surface area contributed by atoms with Gasteiger partial charge in [0.05, 0.1) is 6.42 Å². The second-order valence-corrected chi connectivity index (χ2v) is 7.64. The van der Waals surface area contributed by atoms with Crippen molar-refractivity contribution in [3.8, 4) is 0 Å². The summed E-state index contributed by atoms with van der Waals surface area (Å²) in [5.74, 6) is -0.333. The summed E-state index contributed by atoms with van der Waals surface area (Å²) >= 11 is 0. The van der Waals surface area contributed by atoms with Crippen LogP contribution in [-0.2, 0) is 19.1 Å². The van der Waals surface area contributed by atoms with Gasteiger partial charge in [-0.15, -0.1) is 0 Å². The molecular formula is C18H28O4. The Morgan fingerprint density at radius 3 is 2.45 bits per heavy atom. The average molecular weight is 308 g/mol. The first kappa shape index (κ1) is 17.2. The quantitative estimate of drug-likeness (QED) is 0.593. The fraction of sp³-hybridized carbons (Fsp3) is 0.833. The lowest BCUT2D eigenvalue weighted by Gasteiger charge is -2.38. The van der Waals surface area contributed by atoms with Crippen LogP contribution in [0.15, 0.2) is 0 Å². The van der Waals surface area contributed by atoms with Crippen LogP contribution >= 0.6 is 0 Å². The third-order valence-corrected chi connectivity index (χ3v) is 5.32. The van der Waals surface area contributed by atoms with E-state index in [1.165, 1.54) is 6.42 Å². The summed E-state index contributed by atoms with van der Waals surface area (Å²) < 4.78 is 5.78. The molecule has 4 nitrogen and oxygen atoms in total. The van der Waals surface area contributed by atoms with Crippen molar-refractivity contribution in [3.05, 3.63) is 0 Å². The molecule has 2 rings (SSSR count). The van der Waals surface area contributed by atoms with Crippen molar-refractivity contribution in [1.82, 2.24) is 0 Å². The van der Waals surface area contributed by atoms with E-state index in [-0.39, 0.29) is 30.0 Å². The second-order valence-electron chi connectivity index (χ2n) is 7.64. The van der Waals surface area contributed by atoms with E-state index in [0.717, 1.165) is 12.8 Å². The van der Waals surface area contributed by atoms with Crippen molar-refractivity contribution in [1.29, 1.82) is 0 Å². The molecule has 0 bridgehead atoms. The highest BCUT2D eigenvalue weighted by molar-refractivity contribution is 6.10. The number of ether oxygens (including phenoxy) is 1. The van der Waals surface area contributed by atoms with Gasteiger partial charge >= 0.3 is 5.97 Å². The Morgan fingerprint density at radius 2 is 1.86 bits per heavy atom. The van der Waals surface area contributed by atoms with E-state index in [2.05, 4.69) is 20.8 Å². The molecule has 0 radical (unpaired) electrons. The minimum Gasteiger partial charge on any atom is -0.462 e. The van der Waals surface area contributed by atoms with Gasteiger partial charge in [0.15, 0.2) is 5.78 Å². The number of hydrogen-bond acceptors (Lipinski definition) is 4. The summed E-state index contributed by atoms with van der Waals surface area (Å²) in [6, 6.07) is 0. The van der Waals surface area contributed by atoms with E-state index >= 15 is 0 Å². The van der Waals surface area contributed by atoms with Gasteiger partial charge in [0.25, 0.3) is 0 Å². The van der Waals surface area contributed by atoms with Crippen molar-refractivity contribution < 1.29 is 19.1 Å².